The number of rotatable bonds is 6. The van der Waals surface area contributed by atoms with Crippen molar-refractivity contribution < 1.29 is 5.11 Å². The van der Waals surface area contributed by atoms with Crippen LogP contribution >= 0.6 is 23.4 Å². The zero-order valence-corrected chi connectivity index (χ0v) is 14.7. The number of benzene rings is 3. The van der Waals surface area contributed by atoms with Gasteiger partial charge in [0, 0.05) is 27.4 Å². The quantitative estimate of drug-likeness (QED) is 0.400. The van der Waals surface area contributed by atoms with Gasteiger partial charge in [0.05, 0.1) is 5.69 Å². The molecule has 0 bridgehead atoms. The molecule has 126 valence electrons. The zero-order chi connectivity index (χ0) is 17.6. The second kappa shape index (κ2) is 8.05. The maximum Gasteiger partial charge on any atom is 0.140 e. The number of hydrogen-bond donors (Lipinski definition) is 2. The Kier molecular flexibility index (Phi) is 5.58. The fourth-order valence-corrected chi connectivity index (χ4v) is 3.58. The number of phenolic OH excluding ortho intramolecular Hbond substituents is 1. The normalized spacial score (nSPS) is 10.4. The lowest BCUT2D eigenvalue weighted by Gasteiger charge is -2.12. The van der Waals surface area contributed by atoms with Gasteiger partial charge in [-0.05, 0) is 47.1 Å². The van der Waals surface area contributed by atoms with Gasteiger partial charge in [-0.15, -0.1) is 4.91 Å². The van der Waals surface area contributed by atoms with E-state index < -0.39 is 0 Å². The van der Waals surface area contributed by atoms with E-state index in [-0.39, 0.29) is 11.4 Å². The van der Waals surface area contributed by atoms with Gasteiger partial charge in [-0.1, -0.05) is 47.6 Å². The number of hydrogen-bond acceptors (Lipinski definition) is 5. The monoisotopic (exact) mass is 370 g/mol. The lowest BCUT2D eigenvalue weighted by molar-refractivity contribution is 0.477. The Labute approximate surface area is 154 Å². The van der Waals surface area contributed by atoms with Crippen molar-refractivity contribution in [2.45, 2.75) is 16.3 Å². The molecule has 0 aliphatic rings. The highest BCUT2D eigenvalue weighted by Gasteiger charge is 2.07. The van der Waals surface area contributed by atoms with E-state index in [9.17, 15) is 10.0 Å². The number of nitrogens with one attached hydrogen (secondary N) is 1. The topological polar surface area (TPSA) is 61.7 Å². The molecule has 3 rings (SSSR count). The molecule has 3 aromatic rings. The number of aromatic hydroxyl groups is 1. The van der Waals surface area contributed by atoms with Crippen LogP contribution in [0.3, 0.4) is 0 Å². The summed E-state index contributed by atoms with van der Waals surface area (Å²) in [7, 11) is 0. The molecule has 0 saturated heterocycles. The van der Waals surface area contributed by atoms with Crippen LogP contribution in [0.1, 0.15) is 5.56 Å². The predicted molar refractivity (Wildman–Crippen MR) is 103 cm³/mol. The Morgan fingerprint density at radius 1 is 1.04 bits per heavy atom. The van der Waals surface area contributed by atoms with E-state index in [1.807, 2.05) is 48.5 Å². The van der Waals surface area contributed by atoms with Gasteiger partial charge in [-0.25, -0.2) is 0 Å². The van der Waals surface area contributed by atoms with E-state index in [0.29, 0.717) is 17.3 Å². The maximum atomic E-state index is 10.5. The molecule has 3 aromatic carbocycles. The van der Waals surface area contributed by atoms with Crippen molar-refractivity contribution in [3.63, 3.8) is 0 Å². The number of halogens is 1. The smallest absolute Gasteiger partial charge is 0.140 e. The number of phenols is 1. The highest BCUT2D eigenvalue weighted by atomic mass is 35.5. The zero-order valence-electron chi connectivity index (χ0n) is 13.1. The molecule has 0 heterocycles. The van der Waals surface area contributed by atoms with E-state index in [1.54, 1.807) is 23.9 Å². The lowest BCUT2D eigenvalue weighted by Crippen LogP contribution is -2.01. The molecule has 0 amide bonds. The molecule has 6 heteroatoms. The Bertz CT molecular complexity index is 902. The third-order valence-corrected chi connectivity index (χ3v) is 4.90. The summed E-state index contributed by atoms with van der Waals surface area (Å²) in [5, 5.41) is 16.6. The molecule has 0 spiro atoms. The van der Waals surface area contributed by atoms with Gasteiger partial charge < -0.3 is 10.4 Å². The molecule has 0 atom stereocenters. The summed E-state index contributed by atoms with van der Waals surface area (Å²) in [5.41, 5.74) is 1.83. The fraction of sp³-hybridized carbons (Fsp3) is 0.0526. The van der Waals surface area contributed by atoms with Crippen molar-refractivity contribution in [1.82, 2.24) is 0 Å². The number of nitroso groups, excluding NO2 is 1. The SMILES string of the molecule is O=Nc1ccc(NCc2ccccc2Sc2cccc(Cl)c2)c(O)c1. The first-order valence-corrected chi connectivity index (χ1v) is 8.77. The lowest BCUT2D eigenvalue weighted by atomic mass is 10.2. The van der Waals surface area contributed by atoms with Crippen LogP contribution in [-0.4, -0.2) is 5.11 Å². The van der Waals surface area contributed by atoms with Gasteiger partial charge in [0.1, 0.15) is 11.4 Å². The van der Waals surface area contributed by atoms with E-state index in [1.165, 1.54) is 6.07 Å². The van der Waals surface area contributed by atoms with Crippen LogP contribution < -0.4 is 5.32 Å². The summed E-state index contributed by atoms with van der Waals surface area (Å²) in [6.07, 6.45) is 0. The number of nitrogens with zero attached hydrogens (tertiary/aromatic N) is 1. The average Bonchev–Trinajstić information content (AvgIpc) is 2.62. The second-order valence-corrected chi connectivity index (χ2v) is 6.87. The predicted octanol–water partition coefficient (Wildman–Crippen LogP) is 6.21. The Morgan fingerprint density at radius 3 is 2.64 bits per heavy atom. The van der Waals surface area contributed by atoms with Crippen LogP contribution in [-0.2, 0) is 6.54 Å². The van der Waals surface area contributed by atoms with Crippen LogP contribution in [0.15, 0.2) is 81.7 Å². The molecule has 0 radical (unpaired) electrons. The third kappa shape index (κ3) is 4.53. The van der Waals surface area contributed by atoms with Crippen LogP contribution in [0.5, 0.6) is 5.75 Å². The molecule has 0 aliphatic heterocycles. The minimum Gasteiger partial charge on any atom is -0.506 e. The van der Waals surface area contributed by atoms with Crippen molar-refractivity contribution in [2.75, 3.05) is 5.32 Å². The Morgan fingerprint density at radius 2 is 1.88 bits per heavy atom. The molecule has 0 aromatic heterocycles. The first-order chi connectivity index (χ1) is 12.2. The summed E-state index contributed by atoms with van der Waals surface area (Å²) in [6, 6.07) is 20.3. The minimum atomic E-state index is -0.00271. The van der Waals surface area contributed by atoms with E-state index in [4.69, 9.17) is 11.6 Å². The molecular weight excluding hydrogens is 356 g/mol. The van der Waals surface area contributed by atoms with E-state index in [0.717, 1.165) is 15.4 Å². The summed E-state index contributed by atoms with van der Waals surface area (Å²) < 4.78 is 0. The minimum absolute atomic E-state index is 0.00271. The molecule has 0 saturated carbocycles. The third-order valence-electron chi connectivity index (χ3n) is 3.55. The largest absolute Gasteiger partial charge is 0.506 e. The van der Waals surface area contributed by atoms with Gasteiger partial charge >= 0.3 is 0 Å². The Balaban J connectivity index is 1.76. The fourth-order valence-electron chi connectivity index (χ4n) is 2.32. The van der Waals surface area contributed by atoms with Crippen LogP contribution in [0, 0.1) is 4.91 Å². The van der Waals surface area contributed by atoms with Crippen molar-refractivity contribution in [3.8, 4) is 5.75 Å². The summed E-state index contributed by atoms with van der Waals surface area (Å²) in [4.78, 5) is 12.7. The molecule has 4 nitrogen and oxygen atoms in total. The van der Waals surface area contributed by atoms with Gasteiger partial charge in [0.15, 0.2) is 0 Å². The van der Waals surface area contributed by atoms with Crippen molar-refractivity contribution in [1.29, 1.82) is 0 Å². The second-order valence-electron chi connectivity index (χ2n) is 5.31. The first-order valence-electron chi connectivity index (χ1n) is 7.57. The molecule has 0 unspecified atom stereocenters. The Hall–Kier alpha value is -2.50. The molecule has 0 aliphatic carbocycles. The van der Waals surface area contributed by atoms with Crippen molar-refractivity contribution in [2.24, 2.45) is 5.18 Å². The standard InChI is InChI=1S/C19H15ClN2O2S/c20-14-5-3-6-16(10-14)25-19-7-2-1-4-13(19)12-21-17-9-8-15(22-24)11-18(17)23/h1-11,21,23H,12H2. The average molecular weight is 371 g/mol. The van der Waals surface area contributed by atoms with Gasteiger partial charge in [-0.3, -0.25) is 0 Å². The molecule has 25 heavy (non-hydrogen) atoms. The van der Waals surface area contributed by atoms with E-state index >= 15 is 0 Å². The summed E-state index contributed by atoms with van der Waals surface area (Å²) in [6.45, 7) is 0.533. The van der Waals surface area contributed by atoms with Gasteiger partial charge in [-0.2, -0.15) is 0 Å². The summed E-state index contributed by atoms with van der Waals surface area (Å²) >= 11 is 7.68. The van der Waals surface area contributed by atoms with Crippen LogP contribution in [0.2, 0.25) is 5.02 Å². The highest BCUT2D eigenvalue weighted by molar-refractivity contribution is 7.99. The van der Waals surface area contributed by atoms with Gasteiger partial charge in [0.25, 0.3) is 0 Å². The summed E-state index contributed by atoms with van der Waals surface area (Å²) in [5.74, 6) is -0.00271. The van der Waals surface area contributed by atoms with Gasteiger partial charge in [0.2, 0.25) is 0 Å². The molecule has 0 fully saturated rings. The maximum absolute atomic E-state index is 10.5. The first kappa shape index (κ1) is 17.3. The molecular formula is C19H15ClN2O2S. The van der Waals surface area contributed by atoms with Crippen LogP contribution in [0.25, 0.3) is 0 Å². The van der Waals surface area contributed by atoms with Crippen molar-refractivity contribution >= 4 is 34.7 Å². The number of anilines is 1. The van der Waals surface area contributed by atoms with Crippen LogP contribution in [0.4, 0.5) is 11.4 Å². The molecule has 2 N–H and O–H groups in total. The highest BCUT2D eigenvalue weighted by Crippen LogP contribution is 2.33. The van der Waals surface area contributed by atoms with E-state index in [2.05, 4.69) is 10.5 Å². The van der Waals surface area contributed by atoms with Crippen molar-refractivity contribution in [3.05, 3.63) is 82.2 Å².